The third-order valence-electron chi connectivity index (χ3n) is 3.35. The molecule has 0 fully saturated rings. The fourth-order valence-electron chi connectivity index (χ4n) is 2.05. The van der Waals surface area contributed by atoms with Crippen molar-refractivity contribution in [2.75, 3.05) is 19.4 Å². The van der Waals surface area contributed by atoms with Gasteiger partial charge >= 0.3 is 0 Å². The van der Waals surface area contributed by atoms with Gasteiger partial charge in [0.2, 0.25) is 10.0 Å². The summed E-state index contributed by atoms with van der Waals surface area (Å²) in [5.41, 5.74) is 2.46. The average Bonchev–Trinajstić information content (AvgIpc) is 2.46. The van der Waals surface area contributed by atoms with E-state index in [0.717, 1.165) is 16.8 Å². The van der Waals surface area contributed by atoms with Crippen molar-refractivity contribution in [3.63, 3.8) is 0 Å². The molecule has 4 nitrogen and oxygen atoms in total. The number of halogens is 1. The van der Waals surface area contributed by atoms with Crippen LogP contribution in [0.1, 0.15) is 11.1 Å². The summed E-state index contributed by atoms with van der Waals surface area (Å²) in [5, 5.41) is 3.19. The average molecular weight is 322 g/mol. The van der Waals surface area contributed by atoms with Gasteiger partial charge in [0.1, 0.15) is 5.82 Å². The van der Waals surface area contributed by atoms with E-state index in [-0.39, 0.29) is 10.7 Å². The second kappa shape index (κ2) is 6.46. The molecule has 0 aliphatic carbocycles. The van der Waals surface area contributed by atoms with Gasteiger partial charge in [0, 0.05) is 26.3 Å². The van der Waals surface area contributed by atoms with Gasteiger partial charge in [0.05, 0.1) is 4.90 Å². The first kappa shape index (κ1) is 16.5. The molecule has 0 saturated heterocycles. The van der Waals surface area contributed by atoms with Gasteiger partial charge in [-0.3, -0.25) is 0 Å². The molecule has 0 bridgehead atoms. The zero-order valence-corrected chi connectivity index (χ0v) is 13.6. The molecule has 0 aliphatic rings. The van der Waals surface area contributed by atoms with Gasteiger partial charge in [0.25, 0.3) is 0 Å². The van der Waals surface area contributed by atoms with Gasteiger partial charge in [-0.25, -0.2) is 17.1 Å². The predicted molar refractivity (Wildman–Crippen MR) is 85.8 cm³/mol. The third kappa shape index (κ3) is 3.64. The van der Waals surface area contributed by atoms with Crippen LogP contribution in [0.3, 0.4) is 0 Å². The Labute approximate surface area is 130 Å². The molecule has 0 saturated carbocycles. The Balaban J connectivity index is 2.18. The summed E-state index contributed by atoms with van der Waals surface area (Å²) >= 11 is 0. The highest BCUT2D eigenvalue weighted by molar-refractivity contribution is 7.89. The van der Waals surface area contributed by atoms with E-state index in [9.17, 15) is 12.8 Å². The molecule has 1 N–H and O–H groups in total. The van der Waals surface area contributed by atoms with Crippen molar-refractivity contribution in [1.29, 1.82) is 0 Å². The molecule has 0 unspecified atom stereocenters. The summed E-state index contributed by atoms with van der Waals surface area (Å²) in [6.07, 6.45) is 0. The molecular formula is C16H19FN2O2S. The van der Waals surface area contributed by atoms with Gasteiger partial charge in [-0.1, -0.05) is 12.1 Å². The minimum atomic E-state index is -3.44. The van der Waals surface area contributed by atoms with Gasteiger partial charge in [-0.2, -0.15) is 0 Å². The molecule has 0 aliphatic heterocycles. The standard InChI is InChI=1S/C16H19FN2O2S/c1-12-9-14(17)7-8-16(12)18-11-13-5-4-6-15(10-13)22(20,21)19(2)3/h4-10,18H,11H2,1-3H3. The SMILES string of the molecule is Cc1cc(F)ccc1NCc1cccc(S(=O)(=O)N(C)C)c1. The lowest BCUT2D eigenvalue weighted by atomic mass is 10.1. The van der Waals surface area contributed by atoms with Crippen molar-refractivity contribution in [3.05, 3.63) is 59.4 Å². The number of hydrogen-bond donors (Lipinski definition) is 1. The summed E-state index contributed by atoms with van der Waals surface area (Å²) in [6.45, 7) is 2.28. The molecule has 0 amide bonds. The van der Waals surface area contributed by atoms with E-state index in [4.69, 9.17) is 0 Å². The van der Waals surface area contributed by atoms with Crippen molar-refractivity contribution in [2.24, 2.45) is 0 Å². The zero-order chi connectivity index (χ0) is 16.3. The summed E-state index contributed by atoms with van der Waals surface area (Å²) < 4.78 is 38.5. The van der Waals surface area contributed by atoms with Crippen LogP contribution in [0.25, 0.3) is 0 Å². The number of hydrogen-bond acceptors (Lipinski definition) is 3. The molecule has 0 radical (unpaired) electrons. The number of rotatable bonds is 5. The van der Waals surface area contributed by atoms with E-state index in [2.05, 4.69) is 5.32 Å². The van der Waals surface area contributed by atoms with E-state index >= 15 is 0 Å². The summed E-state index contributed by atoms with van der Waals surface area (Å²) in [5.74, 6) is -0.276. The molecule has 0 aromatic heterocycles. The maximum absolute atomic E-state index is 13.1. The number of sulfonamides is 1. The Kier molecular flexibility index (Phi) is 4.83. The predicted octanol–water partition coefficient (Wildman–Crippen LogP) is 3.00. The highest BCUT2D eigenvalue weighted by atomic mass is 32.2. The Morgan fingerprint density at radius 2 is 1.86 bits per heavy atom. The third-order valence-corrected chi connectivity index (χ3v) is 5.16. The van der Waals surface area contributed by atoms with Crippen LogP contribution < -0.4 is 5.32 Å². The number of benzene rings is 2. The molecule has 0 spiro atoms. The lowest BCUT2D eigenvalue weighted by molar-refractivity contribution is 0.520. The first-order chi connectivity index (χ1) is 10.3. The van der Waals surface area contributed by atoms with Crippen molar-refractivity contribution in [2.45, 2.75) is 18.4 Å². The molecule has 2 aromatic rings. The normalized spacial score (nSPS) is 11.7. The largest absolute Gasteiger partial charge is 0.381 e. The summed E-state index contributed by atoms with van der Waals surface area (Å²) in [6, 6.07) is 11.3. The molecule has 22 heavy (non-hydrogen) atoms. The van der Waals surface area contributed by atoms with Crippen molar-refractivity contribution in [1.82, 2.24) is 4.31 Å². The van der Waals surface area contributed by atoms with Gasteiger partial charge in [-0.05, 0) is 48.4 Å². The first-order valence-corrected chi connectivity index (χ1v) is 8.26. The molecule has 2 rings (SSSR count). The monoisotopic (exact) mass is 322 g/mol. The smallest absolute Gasteiger partial charge is 0.242 e. The Morgan fingerprint density at radius 1 is 1.14 bits per heavy atom. The van der Waals surface area contributed by atoms with E-state index in [1.54, 1.807) is 24.3 Å². The van der Waals surface area contributed by atoms with Crippen LogP contribution in [0.15, 0.2) is 47.4 Å². The zero-order valence-electron chi connectivity index (χ0n) is 12.8. The van der Waals surface area contributed by atoms with Crippen LogP contribution in [0.2, 0.25) is 0 Å². The van der Waals surface area contributed by atoms with Crippen molar-refractivity contribution >= 4 is 15.7 Å². The molecular weight excluding hydrogens is 303 g/mol. The number of anilines is 1. The fraction of sp³-hybridized carbons (Fsp3) is 0.250. The Bertz CT molecular complexity index is 773. The number of aryl methyl sites for hydroxylation is 1. The quantitative estimate of drug-likeness (QED) is 0.920. The fourth-order valence-corrected chi connectivity index (χ4v) is 3.02. The van der Waals surface area contributed by atoms with Crippen LogP contribution >= 0.6 is 0 Å². The van der Waals surface area contributed by atoms with E-state index in [0.29, 0.717) is 6.54 Å². The van der Waals surface area contributed by atoms with Gasteiger partial charge < -0.3 is 5.32 Å². The highest BCUT2D eigenvalue weighted by Crippen LogP contribution is 2.19. The highest BCUT2D eigenvalue weighted by Gasteiger charge is 2.17. The van der Waals surface area contributed by atoms with Gasteiger partial charge in [-0.15, -0.1) is 0 Å². The Hall–Kier alpha value is -1.92. The lowest BCUT2D eigenvalue weighted by Crippen LogP contribution is -2.22. The molecule has 2 aromatic carbocycles. The van der Waals surface area contributed by atoms with Gasteiger partial charge in [0.15, 0.2) is 0 Å². The van der Waals surface area contributed by atoms with Crippen LogP contribution in [0.5, 0.6) is 0 Å². The minimum Gasteiger partial charge on any atom is -0.381 e. The molecule has 0 atom stereocenters. The van der Waals surface area contributed by atoms with E-state index < -0.39 is 10.0 Å². The van der Waals surface area contributed by atoms with E-state index in [1.165, 1.54) is 30.5 Å². The lowest BCUT2D eigenvalue weighted by Gasteiger charge is -2.13. The minimum absolute atomic E-state index is 0.257. The summed E-state index contributed by atoms with van der Waals surface area (Å²) in [4.78, 5) is 0.257. The molecule has 118 valence electrons. The maximum Gasteiger partial charge on any atom is 0.242 e. The van der Waals surface area contributed by atoms with E-state index in [1.807, 2.05) is 13.0 Å². The maximum atomic E-state index is 13.1. The van der Waals surface area contributed by atoms with Crippen molar-refractivity contribution in [3.8, 4) is 0 Å². The number of nitrogens with one attached hydrogen (secondary N) is 1. The second-order valence-corrected chi connectivity index (χ2v) is 7.40. The Morgan fingerprint density at radius 3 is 2.50 bits per heavy atom. The van der Waals surface area contributed by atoms with Crippen LogP contribution in [0.4, 0.5) is 10.1 Å². The van der Waals surface area contributed by atoms with Crippen LogP contribution in [-0.2, 0) is 16.6 Å². The topological polar surface area (TPSA) is 49.4 Å². The first-order valence-electron chi connectivity index (χ1n) is 6.82. The number of nitrogens with zero attached hydrogens (tertiary/aromatic N) is 1. The molecule has 6 heteroatoms. The van der Waals surface area contributed by atoms with Crippen LogP contribution in [0, 0.1) is 12.7 Å². The summed E-state index contributed by atoms with van der Waals surface area (Å²) in [7, 11) is -0.436. The van der Waals surface area contributed by atoms with Crippen molar-refractivity contribution < 1.29 is 12.8 Å². The second-order valence-electron chi connectivity index (χ2n) is 5.25. The molecule has 0 heterocycles. The van der Waals surface area contributed by atoms with Crippen LogP contribution in [-0.4, -0.2) is 26.8 Å².